The van der Waals surface area contributed by atoms with E-state index in [2.05, 4.69) is 65.8 Å². The van der Waals surface area contributed by atoms with Crippen molar-refractivity contribution in [2.45, 2.75) is 92.4 Å². The van der Waals surface area contributed by atoms with Gasteiger partial charge in [0.2, 0.25) is 0 Å². The highest BCUT2D eigenvalue weighted by atomic mass is 19.1. The van der Waals surface area contributed by atoms with Gasteiger partial charge in [0.05, 0.1) is 0 Å². The standard InChI is InChI=1S/C27H41F/c1-7-26(27(28)18-22(6)21(5)11-8-19(2)3)25-16-14-24(15-17-25)23-12-9-20(4)10-13-23/h14-21,23H,7-13H2,1-6H3/b22-18+,27-26-. The Bertz CT molecular complexity index is 654. The number of hydrogen-bond acceptors (Lipinski definition) is 0. The second kappa shape index (κ2) is 11.0. The molecule has 1 aliphatic rings. The molecular weight excluding hydrogens is 343 g/mol. The fraction of sp³-hybridized carbons (Fsp3) is 0.630. The molecule has 1 atom stereocenters. The van der Waals surface area contributed by atoms with Gasteiger partial charge in [0.1, 0.15) is 5.83 Å². The first kappa shape index (κ1) is 22.9. The molecule has 1 saturated carbocycles. The van der Waals surface area contributed by atoms with Crippen LogP contribution in [-0.2, 0) is 0 Å². The first-order valence-electron chi connectivity index (χ1n) is 11.5. The van der Waals surface area contributed by atoms with Crippen molar-refractivity contribution in [2.75, 3.05) is 0 Å². The lowest BCUT2D eigenvalue weighted by Gasteiger charge is -2.26. The lowest BCUT2D eigenvalue weighted by atomic mass is 9.79. The van der Waals surface area contributed by atoms with Gasteiger partial charge in [0, 0.05) is 0 Å². The molecule has 0 heterocycles. The molecule has 28 heavy (non-hydrogen) atoms. The van der Waals surface area contributed by atoms with Crippen LogP contribution in [0, 0.1) is 17.8 Å². The Labute approximate surface area is 173 Å². The van der Waals surface area contributed by atoms with E-state index in [1.54, 1.807) is 6.08 Å². The summed E-state index contributed by atoms with van der Waals surface area (Å²) in [5.74, 6) is 2.64. The normalized spacial score (nSPS) is 22.9. The van der Waals surface area contributed by atoms with Crippen molar-refractivity contribution in [1.29, 1.82) is 0 Å². The number of rotatable bonds is 8. The molecule has 0 nitrogen and oxygen atoms in total. The minimum Gasteiger partial charge on any atom is -0.207 e. The summed E-state index contributed by atoms with van der Waals surface area (Å²) >= 11 is 0. The smallest absolute Gasteiger partial charge is 0.126 e. The summed E-state index contributed by atoms with van der Waals surface area (Å²) in [5.41, 5.74) is 4.45. The molecule has 0 saturated heterocycles. The monoisotopic (exact) mass is 384 g/mol. The molecule has 1 heteroatoms. The van der Waals surface area contributed by atoms with E-state index in [-0.39, 0.29) is 5.83 Å². The van der Waals surface area contributed by atoms with Gasteiger partial charge in [-0.15, -0.1) is 0 Å². The van der Waals surface area contributed by atoms with E-state index in [4.69, 9.17) is 0 Å². The molecular formula is C27H41F. The maximum absolute atomic E-state index is 15.1. The Hall–Kier alpha value is -1.37. The van der Waals surface area contributed by atoms with Gasteiger partial charge in [-0.1, -0.05) is 83.7 Å². The SMILES string of the molecule is CC/C(=C(F)\C=C(/C)C(C)CCC(C)C)c1ccc(C2CCC(C)CC2)cc1. The molecule has 0 aromatic heterocycles. The molecule has 2 rings (SSSR count). The van der Waals surface area contributed by atoms with Crippen molar-refractivity contribution < 1.29 is 4.39 Å². The molecule has 0 spiro atoms. The van der Waals surface area contributed by atoms with Crippen LogP contribution in [0.15, 0.2) is 41.7 Å². The lowest BCUT2D eigenvalue weighted by molar-refractivity contribution is 0.348. The van der Waals surface area contributed by atoms with Crippen molar-refractivity contribution in [3.8, 4) is 0 Å². The highest BCUT2D eigenvalue weighted by molar-refractivity contribution is 5.69. The Morgan fingerprint density at radius 2 is 1.64 bits per heavy atom. The number of benzene rings is 1. The maximum Gasteiger partial charge on any atom is 0.126 e. The number of halogens is 1. The highest BCUT2D eigenvalue weighted by Gasteiger charge is 2.19. The minimum absolute atomic E-state index is 0.0596. The van der Waals surface area contributed by atoms with Gasteiger partial charge in [0.25, 0.3) is 0 Å². The Kier molecular flexibility index (Phi) is 8.99. The van der Waals surface area contributed by atoms with Crippen LogP contribution in [0.25, 0.3) is 5.57 Å². The molecule has 0 amide bonds. The van der Waals surface area contributed by atoms with Crippen LogP contribution < -0.4 is 0 Å². The van der Waals surface area contributed by atoms with Crippen LogP contribution in [0.5, 0.6) is 0 Å². The summed E-state index contributed by atoms with van der Waals surface area (Å²) in [6.07, 6.45) is 10.1. The fourth-order valence-electron chi connectivity index (χ4n) is 4.30. The van der Waals surface area contributed by atoms with E-state index >= 15 is 4.39 Å². The third-order valence-electron chi connectivity index (χ3n) is 6.70. The largest absolute Gasteiger partial charge is 0.207 e. The molecule has 0 bridgehead atoms. The molecule has 0 radical (unpaired) electrons. The molecule has 0 N–H and O–H groups in total. The molecule has 0 aliphatic heterocycles. The van der Waals surface area contributed by atoms with Crippen molar-refractivity contribution in [3.63, 3.8) is 0 Å². The van der Waals surface area contributed by atoms with Crippen LogP contribution in [0.3, 0.4) is 0 Å². The molecule has 1 aromatic carbocycles. The molecule has 1 aromatic rings. The summed E-state index contributed by atoms with van der Waals surface area (Å²) in [4.78, 5) is 0. The van der Waals surface area contributed by atoms with Crippen LogP contribution in [0.2, 0.25) is 0 Å². The van der Waals surface area contributed by atoms with Crippen molar-refractivity contribution in [2.24, 2.45) is 17.8 Å². The van der Waals surface area contributed by atoms with Crippen molar-refractivity contribution in [1.82, 2.24) is 0 Å². The van der Waals surface area contributed by atoms with Crippen molar-refractivity contribution in [3.05, 3.63) is 52.9 Å². The Balaban J connectivity index is 2.12. The van der Waals surface area contributed by atoms with E-state index in [1.165, 1.54) is 37.7 Å². The third kappa shape index (κ3) is 6.61. The summed E-state index contributed by atoms with van der Waals surface area (Å²) in [5, 5.41) is 0. The van der Waals surface area contributed by atoms with Crippen LogP contribution in [0.4, 0.5) is 4.39 Å². The van der Waals surface area contributed by atoms with Crippen LogP contribution >= 0.6 is 0 Å². The van der Waals surface area contributed by atoms with Gasteiger partial charge in [-0.25, -0.2) is 4.39 Å². The van der Waals surface area contributed by atoms with Crippen LogP contribution in [-0.4, -0.2) is 0 Å². The summed E-state index contributed by atoms with van der Waals surface area (Å²) < 4.78 is 15.1. The summed E-state index contributed by atoms with van der Waals surface area (Å²) in [7, 11) is 0. The van der Waals surface area contributed by atoms with Crippen LogP contribution in [0.1, 0.15) is 104 Å². The quantitative estimate of drug-likeness (QED) is 0.392. The first-order chi connectivity index (χ1) is 13.3. The fourth-order valence-corrected chi connectivity index (χ4v) is 4.30. The zero-order valence-electron chi connectivity index (χ0n) is 19.0. The van der Waals surface area contributed by atoms with E-state index < -0.39 is 0 Å². The zero-order valence-corrected chi connectivity index (χ0v) is 19.0. The van der Waals surface area contributed by atoms with E-state index in [9.17, 15) is 0 Å². The predicted octanol–water partition coefficient (Wildman–Crippen LogP) is 9.09. The molecule has 1 aliphatic carbocycles. The third-order valence-corrected chi connectivity index (χ3v) is 6.70. The maximum atomic E-state index is 15.1. The van der Waals surface area contributed by atoms with Gasteiger partial charge >= 0.3 is 0 Å². The Morgan fingerprint density at radius 3 is 2.18 bits per heavy atom. The highest BCUT2D eigenvalue weighted by Crippen LogP contribution is 2.36. The van der Waals surface area contributed by atoms with E-state index in [0.29, 0.717) is 17.8 Å². The lowest BCUT2D eigenvalue weighted by Crippen LogP contribution is -2.10. The Morgan fingerprint density at radius 1 is 1.04 bits per heavy atom. The average molecular weight is 385 g/mol. The second-order valence-corrected chi connectivity index (χ2v) is 9.52. The number of hydrogen-bond donors (Lipinski definition) is 0. The molecule has 1 unspecified atom stereocenters. The second-order valence-electron chi connectivity index (χ2n) is 9.52. The van der Waals surface area contributed by atoms with Gasteiger partial charge in [-0.2, -0.15) is 0 Å². The average Bonchev–Trinajstić information content (AvgIpc) is 2.67. The van der Waals surface area contributed by atoms with Crippen molar-refractivity contribution >= 4 is 5.57 Å². The predicted molar refractivity (Wildman–Crippen MR) is 122 cm³/mol. The van der Waals surface area contributed by atoms with Gasteiger partial charge in [0.15, 0.2) is 0 Å². The topological polar surface area (TPSA) is 0 Å². The first-order valence-corrected chi connectivity index (χ1v) is 11.5. The molecule has 156 valence electrons. The van der Waals surface area contributed by atoms with Gasteiger partial charge in [-0.3, -0.25) is 0 Å². The molecule has 1 fully saturated rings. The summed E-state index contributed by atoms with van der Waals surface area (Å²) in [6.45, 7) is 13.2. The summed E-state index contributed by atoms with van der Waals surface area (Å²) in [6, 6.07) is 8.75. The van der Waals surface area contributed by atoms with E-state index in [1.807, 2.05) is 0 Å². The number of allylic oxidation sites excluding steroid dienone is 4. The minimum atomic E-state index is -0.0596. The van der Waals surface area contributed by atoms with Gasteiger partial charge < -0.3 is 0 Å². The van der Waals surface area contributed by atoms with E-state index in [0.717, 1.165) is 35.5 Å². The zero-order chi connectivity index (χ0) is 20.7. The van der Waals surface area contributed by atoms with Gasteiger partial charge in [-0.05, 0) is 79.1 Å².